The molecule has 0 rings (SSSR count). The van der Waals surface area contributed by atoms with Crippen LogP contribution in [0, 0.1) is 0 Å². The molecule has 0 aromatic rings. The van der Waals surface area contributed by atoms with E-state index in [9.17, 15) is 9.59 Å². The van der Waals surface area contributed by atoms with Crippen LogP contribution in [0.2, 0.25) is 0 Å². The van der Waals surface area contributed by atoms with Gasteiger partial charge in [-0.15, -0.1) is 0 Å². The molecule has 0 saturated heterocycles. The molecule has 49 valence electrons. The van der Waals surface area contributed by atoms with Crippen LogP contribution in [-0.4, -0.2) is 17.4 Å². The lowest BCUT2D eigenvalue weighted by Gasteiger charge is -1.85. The third-order valence-electron chi connectivity index (χ3n) is 0.470. The topological polar surface area (TPSA) is 54.4 Å². The van der Waals surface area contributed by atoms with Crippen molar-refractivity contribution in [2.24, 2.45) is 0 Å². The number of allylic oxidation sites excluding steroid dienone is 1. The van der Waals surface area contributed by atoms with E-state index in [1.807, 2.05) is 0 Å². The Labute approximate surface area is 60.9 Å². The highest BCUT2D eigenvalue weighted by atomic mass is 35.5. The van der Waals surface area contributed by atoms with E-state index in [1.165, 1.54) is 0 Å². The summed E-state index contributed by atoms with van der Waals surface area (Å²) in [5.41, 5.74) is 0. The van der Waals surface area contributed by atoms with Gasteiger partial charge in [-0.25, -0.2) is 4.79 Å². The molecule has 1 radical (unpaired) electrons. The molecule has 0 aliphatic rings. The number of halogens is 2. The van der Waals surface area contributed by atoms with Gasteiger partial charge in [-0.3, -0.25) is 4.79 Å². The smallest absolute Gasteiger partial charge is 0.349 e. The maximum Gasteiger partial charge on any atom is 0.349 e. The number of carboxylic acids is 1. The summed E-state index contributed by atoms with van der Waals surface area (Å²) < 4.78 is 0. The molecule has 0 aliphatic heterocycles. The number of carbonyl (C=O) groups excluding carboxylic acids is 1. The predicted molar refractivity (Wildman–Crippen MR) is 32.1 cm³/mol. The van der Waals surface area contributed by atoms with E-state index in [0.29, 0.717) is 0 Å². The highest BCUT2D eigenvalue weighted by molar-refractivity contribution is 6.51. The molecule has 0 unspecified atom stereocenters. The standard InChI is InChI=1S/C4HCl2O3/c5-2(1-7)3(6)4(8)9/h(H,8,9). The Morgan fingerprint density at radius 2 is 1.89 bits per heavy atom. The molecule has 0 fully saturated rings. The van der Waals surface area contributed by atoms with Crippen molar-refractivity contribution in [3.63, 3.8) is 0 Å². The molecule has 0 heterocycles. The number of rotatable bonds is 2. The zero-order valence-corrected chi connectivity index (χ0v) is 5.53. The van der Waals surface area contributed by atoms with Crippen molar-refractivity contribution in [1.29, 1.82) is 0 Å². The molecule has 3 nitrogen and oxygen atoms in total. The Balaban J connectivity index is 4.47. The largest absolute Gasteiger partial charge is 0.477 e. The van der Waals surface area contributed by atoms with Crippen LogP contribution < -0.4 is 0 Å². The van der Waals surface area contributed by atoms with Crippen LogP contribution in [-0.2, 0) is 9.59 Å². The monoisotopic (exact) mass is 167 g/mol. The first-order chi connectivity index (χ1) is 4.09. The van der Waals surface area contributed by atoms with Crippen LogP contribution in [0.3, 0.4) is 0 Å². The maximum atomic E-state index is 9.85. The highest BCUT2D eigenvalue weighted by Crippen LogP contribution is 2.10. The van der Waals surface area contributed by atoms with Gasteiger partial charge in [0.25, 0.3) is 0 Å². The maximum absolute atomic E-state index is 9.85. The molecule has 1 N–H and O–H groups in total. The molecule has 9 heavy (non-hydrogen) atoms. The summed E-state index contributed by atoms with van der Waals surface area (Å²) in [6.45, 7) is 0. The number of carbonyl (C=O) groups is 1. The summed E-state index contributed by atoms with van der Waals surface area (Å²) in [7, 11) is 0. The van der Waals surface area contributed by atoms with Gasteiger partial charge in [0.05, 0.1) is 0 Å². The number of hydrogen-bond acceptors (Lipinski definition) is 2. The van der Waals surface area contributed by atoms with Crippen molar-refractivity contribution >= 4 is 35.5 Å². The van der Waals surface area contributed by atoms with E-state index in [0.717, 1.165) is 6.29 Å². The van der Waals surface area contributed by atoms with E-state index in [-0.39, 0.29) is 0 Å². The number of aliphatic carboxylic acids is 1. The molecule has 0 bridgehead atoms. The molecule has 0 atom stereocenters. The van der Waals surface area contributed by atoms with Gasteiger partial charge in [-0.2, -0.15) is 0 Å². The fourth-order valence-corrected chi connectivity index (χ4v) is 0.258. The van der Waals surface area contributed by atoms with E-state index >= 15 is 0 Å². The van der Waals surface area contributed by atoms with Gasteiger partial charge in [0.15, 0.2) is 0 Å². The van der Waals surface area contributed by atoms with Gasteiger partial charge in [0.1, 0.15) is 10.1 Å². The van der Waals surface area contributed by atoms with Crippen LogP contribution in [0.1, 0.15) is 0 Å². The van der Waals surface area contributed by atoms with Crippen LogP contribution in [0.15, 0.2) is 10.1 Å². The second kappa shape index (κ2) is 3.48. The summed E-state index contributed by atoms with van der Waals surface area (Å²) in [5.74, 6) is -1.44. The number of hydrogen-bond donors (Lipinski definition) is 1. The minimum Gasteiger partial charge on any atom is -0.477 e. The van der Waals surface area contributed by atoms with Crippen molar-refractivity contribution in [3.05, 3.63) is 10.1 Å². The van der Waals surface area contributed by atoms with Gasteiger partial charge in [-0.1, -0.05) is 23.2 Å². The minimum absolute atomic E-state index is 0.621. The van der Waals surface area contributed by atoms with Crippen molar-refractivity contribution in [2.75, 3.05) is 0 Å². The zero-order valence-electron chi connectivity index (χ0n) is 4.02. The van der Waals surface area contributed by atoms with Crippen molar-refractivity contribution in [2.45, 2.75) is 0 Å². The van der Waals surface area contributed by atoms with Crippen molar-refractivity contribution in [1.82, 2.24) is 0 Å². The van der Waals surface area contributed by atoms with Gasteiger partial charge >= 0.3 is 5.97 Å². The average molecular weight is 168 g/mol. The Morgan fingerprint density at radius 1 is 1.44 bits per heavy atom. The third kappa shape index (κ3) is 2.49. The van der Waals surface area contributed by atoms with Crippen molar-refractivity contribution in [3.8, 4) is 0 Å². The second-order valence-electron chi connectivity index (χ2n) is 1.04. The number of carboxylic acid groups (broad SMARTS) is 1. The Hall–Kier alpha value is -0.540. The third-order valence-corrected chi connectivity index (χ3v) is 1.18. The van der Waals surface area contributed by atoms with E-state index in [2.05, 4.69) is 0 Å². The average Bonchev–Trinajstić information content (AvgIpc) is 1.84. The Kier molecular flexibility index (Phi) is 3.27. The van der Waals surface area contributed by atoms with Crippen molar-refractivity contribution < 1.29 is 14.7 Å². The fourth-order valence-electron chi connectivity index (χ4n) is 0.139. The molecule has 0 aromatic heterocycles. The summed E-state index contributed by atoms with van der Waals surface area (Å²) in [6, 6.07) is 0. The van der Waals surface area contributed by atoms with Crippen LogP contribution in [0.25, 0.3) is 0 Å². The molecular formula is C4HCl2O3. The van der Waals surface area contributed by atoms with Gasteiger partial charge in [0, 0.05) is 0 Å². The lowest BCUT2D eigenvalue weighted by atomic mass is 10.5. The SMILES string of the molecule is O=[C]C(Cl)=C(Cl)C(=O)O. The van der Waals surface area contributed by atoms with E-state index < -0.39 is 16.0 Å². The quantitative estimate of drug-likeness (QED) is 0.622. The molecule has 0 amide bonds. The van der Waals surface area contributed by atoms with Crippen LogP contribution in [0.5, 0.6) is 0 Å². The first kappa shape index (κ1) is 8.46. The summed E-state index contributed by atoms with van der Waals surface area (Å²) >= 11 is 9.91. The lowest BCUT2D eigenvalue weighted by molar-refractivity contribution is -0.131. The van der Waals surface area contributed by atoms with Gasteiger partial charge in [0.2, 0.25) is 6.29 Å². The molecule has 0 saturated carbocycles. The summed E-state index contributed by atoms with van der Waals surface area (Å²) in [5, 5.41) is 6.69. The first-order valence-electron chi connectivity index (χ1n) is 1.76. The molecule has 5 heteroatoms. The predicted octanol–water partition coefficient (Wildman–Crippen LogP) is 0.870. The van der Waals surface area contributed by atoms with E-state index in [4.69, 9.17) is 28.3 Å². The fraction of sp³-hybridized carbons (Fsp3) is 0. The Morgan fingerprint density at radius 3 is 2.00 bits per heavy atom. The van der Waals surface area contributed by atoms with Gasteiger partial charge < -0.3 is 5.11 Å². The lowest BCUT2D eigenvalue weighted by Crippen LogP contribution is -1.96. The van der Waals surface area contributed by atoms with Gasteiger partial charge in [-0.05, 0) is 0 Å². The molecule has 0 aromatic carbocycles. The van der Waals surface area contributed by atoms with Crippen LogP contribution >= 0.6 is 23.2 Å². The Bertz CT molecular complexity index is 173. The summed E-state index contributed by atoms with van der Waals surface area (Å²) in [6.07, 6.45) is 1.13. The minimum atomic E-state index is -1.44. The molecule has 0 aliphatic carbocycles. The highest BCUT2D eigenvalue weighted by Gasteiger charge is 2.08. The normalized spacial score (nSPS) is 12.2. The van der Waals surface area contributed by atoms with Crippen LogP contribution in [0.4, 0.5) is 0 Å². The first-order valence-corrected chi connectivity index (χ1v) is 2.52. The second-order valence-corrected chi connectivity index (χ2v) is 1.79. The van der Waals surface area contributed by atoms with E-state index in [1.54, 1.807) is 0 Å². The zero-order chi connectivity index (χ0) is 7.44. The molecular weight excluding hydrogens is 167 g/mol. The molecule has 0 spiro atoms. The summed E-state index contributed by atoms with van der Waals surface area (Å²) in [4.78, 5) is 19.4.